The highest BCUT2D eigenvalue weighted by Crippen LogP contribution is 2.24. The molecule has 0 aliphatic rings. The smallest absolute Gasteiger partial charge is 0.0175 e. The molecule has 1 unspecified atom stereocenters. The molecular weight excluding hydrogens is 238 g/mol. The lowest BCUT2D eigenvalue weighted by Gasteiger charge is -2.14. The van der Waals surface area contributed by atoms with Crippen molar-refractivity contribution < 1.29 is 0 Å². The third kappa shape index (κ3) is 3.43. The second-order valence-corrected chi connectivity index (χ2v) is 4.46. The molecular formula is C12H18BrN. The van der Waals surface area contributed by atoms with Crippen LogP contribution in [-0.4, -0.2) is 13.6 Å². The molecule has 78 valence electrons. The summed E-state index contributed by atoms with van der Waals surface area (Å²) in [4.78, 5) is 0. The molecule has 0 aromatic heterocycles. The van der Waals surface area contributed by atoms with Gasteiger partial charge in [0.25, 0.3) is 0 Å². The Balaban J connectivity index is 2.64. The molecule has 0 aliphatic carbocycles. The van der Waals surface area contributed by atoms with Gasteiger partial charge in [0.2, 0.25) is 0 Å². The topological polar surface area (TPSA) is 12.0 Å². The normalized spacial score (nSPS) is 12.8. The third-order valence-corrected chi connectivity index (χ3v) is 3.11. The number of benzene rings is 1. The van der Waals surface area contributed by atoms with Gasteiger partial charge in [-0.05, 0) is 50.0 Å². The molecule has 0 bridgehead atoms. The SMILES string of the molecule is CCC(CCNC)c1ccc(Br)cc1. The van der Waals surface area contributed by atoms with Crippen LogP contribution in [0.25, 0.3) is 0 Å². The van der Waals surface area contributed by atoms with E-state index in [1.54, 1.807) is 0 Å². The van der Waals surface area contributed by atoms with Crippen LogP contribution >= 0.6 is 15.9 Å². The molecule has 1 atom stereocenters. The molecule has 0 saturated heterocycles. The van der Waals surface area contributed by atoms with Gasteiger partial charge < -0.3 is 5.32 Å². The van der Waals surface area contributed by atoms with E-state index >= 15 is 0 Å². The van der Waals surface area contributed by atoms with Gasteiger partial charge in [0, 0.05) is 4.47 Å². The lowest BCUT2D eigenvalue weighted by atomic mass is 9.93. The summed E-state index contributed by atoms with van der Waals surface area (Å²) in [6.07, 6.45) is 2.43. The molecule has 0 heterocycles. The van der Waals surface area contributed by atoms with Gasteiger partial charge in [-0.15, -0.1) is 0 Å². The average Bonchev–Trinajstić information content (AvgIpc) is 2.21. The van der Waals surface area contributed by atoms with Gasteiger partial charge in [-0.3, -0.25) is 0 Å². The monoisotopic (exact) mass is 255 g/mol. The first-order valence-corrected chi connectivity index (χ1v) is 5.97. The van der Waals surface area contributed by atoms with Crippen molar-refractivity contribution in [1.82, 2.24) is 5.32 Å². The van der Waals surface area contributed by atoms with Crippen molar-refractivity contribution in [2.45, 2.75) is 25.7 Å². The summed E-state index contributed by atoms with van der Waals surface area (Å²) < 4.78 is 1.16. The highest BCUT2D eigenvalue weighted by atomic mass is 79.9. The summed E-state index contributed by atoms with van der Waals surface area (Å²) >= 11 is 3.46. The van der Waals surface area contributed by atoms with Gasteiger partial charge in [-0.1, -0.05) is 35.0 Å². The van der Waals surface area contributed by atoms with Crippen LogP contribution in [0.4, 0.5) is 0 Å². The molecule has 0 radical (unpaired) electrons. The Morgan fingerprint density at radius 3 is 2.43 bits per heavy atom. The van der Waals surface area contributed by atoms with Gasteiger partial charge >= 0.3 is 0 Å². The Kier molecular flexibility index (Phi) is 5.20. The quantitative estimate of drug-likeness (QED) is 0.849. The Morgan fingerprint density at radius 2 is 1.93 bits per heavy atom. The minimum absolute atomic E-state index is 0.690. The first-order valence-electron chi connectivity index (χ1n) is 5.18. The molecule has 0 aliphatic heterocycles. The number of halogens is 1. The van der Waals surface area contributed by atoms with E-state index in [9.17, 15) is 0 Å². The van der Waals surface area contributed by atoms with Crippen molar-refractivity contribution in [2.24, 2.45) is 0 Å². The predicted octanol–water partition coefficient (Wildman–Crippen LogP) is 3.55. The number of nitrogens with one attached hydrogen (secondary N) is 1. The van der Waals surface area contributed by atoms with Crippen LogP contribution in [0.15, 0.2) is 28.7 Å². The number of hydrogen-bond donors (Lipinski definition) is 1. The van der Waals surface area contributed by atoms with Crippen LogP contribution in [0.5, 0.6) is 0 Å². The van der Waals surface area contributed by atoms with Crippen LogP contribution in [-0.2, 0) is 0 Å². The summed E-state index contributed by atoms with van der Waals surface area (Å²) in [6, 6.07) is 8.68. The fraction of sp³-hybridized carbons (Fsp3) is 0.500. The summed E-state index contributed by atoms with van der Waals surface area (Å²) in [5, 5.41) is 3.20. The standard InChI is InChI=1S/C12H18BrN/c1-3-10(8-9-14-2)11-4-6-12(13)7-5-11/h4-7,10,14H,3,8-9H2,1-2H3. The predicted molar refractivity (Wildman–Crippen MR) is 65.7 cm³/mol. The fourth-order valence-electron chi connectivity index (χ4n) is 1.66. The molecule has 0 amide bonds. The van der Waals surface area contributed by atoms with Gasteiger partial charge in [0.15, 0.2) is 0 Å². The van der Waals surface area contributed by atoms with Crippen molar-refractivity contribution in [1.29, 1.82) is 0 Å². The van der Waals surface area contributed by atoms with Crippen molar-refractivity contribution in [3.05, 3.63) is 34.3 Å². The second-order valence-electron chi connectivity index (χ2n) is 3.55. The van der Waals surface area contributed by atoms with Gasteiger partial charge in [-0.2, -0.15) is 0 Å². The zero-order valence-corrected chi connectivity index (χ0v) is 10.5. The highest BCUT2D eigenvalue weighted by Gasteiger charge is 2.07. The Bertz CT molecular complexity index is 256. The van der Waals surface area contributed by atoms with Gasteiger partial charge in [0.1, 0.15) is 0 Å². The highest BCUT2D eigenvalue weighted by molar-refractivity contribution is 9.10. The van der Waals surface area contributed by atoms with E-state index < -0.39 is 0 Å². The number of rotatable bonds is 5. The van der Waals surface area contributed by atoms with E-state index in [1.807, 2.05) is 7.05 Å². The first kappa shape index (κ1) is 11.7. The lowest BCUT2D eigenvalue weighted by Crippen LogP contribution is -2.11. The summed E-state index contributed by atoms with van der Waals surface area (Å²) in [5.74, 6) is 0.690. The Morgan fingerprint density at radius 1 is 1.29 bits per heavy atom. The van der Waals surface area contributed by atoms with E-state index in [4.69, 9.17) is 0 Å². The van der Waals surface area contributed by atoms with Crippen LogP contribution in [0.2, 0.25) is 0 Å². The van der Waals surface area contributed by atoms with Crippen LogP contribution in [0.1, 0.15) is 31.2 Å². The van der Waals surface area contributed by atoms with Crippen molar-refractivity contribution in [2.75, 3.05) is 13.6 Å². The molecule has 0 spiro atoms. The van der Waals surface area contributed by atoms with E-state index in [2.05, 4.69) is 52.4 Å². The number of hydrogen-bond acceptors (Lipinski definition) is 1. The molecule has 1 N–H and O–H groups in total. The van der Waals surface area contributed by atoms with E-state index in [0.717, 1.165) is 11.0 Å². The Labute approximate surface area is 95.0 Å². The summed E-state index contributed by atoms with van der Waals surface area (Å²) in [7, 11) is 2.01. The van der Waals surface area contributed by atoms with E-state index in [1.165, 1.54) is 18.4 Å². The van der Waals surface area contributed by atoms with Crippen LogP contribution < -0.4 is 5.32 Å². The first-order chi connectivity index (χ1) is 6.77. The lowest BCUT2D eigenvalue weighted by molar-refractivity contribution is 0.581. The zero-order valence-electron chi connectivity index (χ0n) is 8.89. The molecule has 14 heavy (non-hydrogen) atoms. The summed E-state index contributed by atoms with van der Waals surface area (Å²) in [5.41, 5.74) is 1.45. The van der Waals surface area contributed by atoms with Gasteiger partial charge in [-0.25, -0.2) is 0 Å². The third-order valence-electron chi connectivity index (χ3n) is 2.58. The van der Waals surface area contributed by atoms with Crippen LogP contribution in [0.3, 0.4) is 0 Å². The summed E-state index contributed by atoms with van der Waals surface area (Å²) in [6.45, 7) is 3.34. The van der Waals surface area contributed by atoms with Crippen molar-refractivity contribution in [3.8, 4) is 0 Å². The maximum atomic E-state index is 3.46. The molecule has 0 saturated carbocycles. The van der Waals surface area contributed by atoms with Crippen molar-refractivity contribution >= 4 is 15.9 Å². The maximum Gasteiger partial charge on any atom is 0.0175 e. The molecule has 1 aromatic carbocycles. The second kappa shape index (κ2) is 6.20. The molecule has 0 fully saturated rings. The zero-order chi connectivity index (χ0) is 10.4. The average molecular weight is 256 g/mol. The van der Waals surface area contributed by atoms with Crippen molar-refractivity contribution in [3.63, 3.8) is 0 Å². The minimum Gasteiger partial charge on any atom is -0.320 e. The minimum atomic E-state index is 0.690. The largest absolute Gasteiger partial charge is 0.320 e. The molecule has 1 rings (SSSR count). The molecule has 2 heteroatoms. The van der Waals surface area contributed by atoms with E-state index in [-0.39, 0.29) is 0 Å². The molecule has 1 nitrogen and oxygen atoms in total. The maximum absolute atomic E-state index is 3.46. The van der Waals surface area contributed by atoms with E-state index in [0.29, 0.717) is 5.92 Å². The fourth-order valence-corrected chi connectivity index (χ4v) is 1.92. The van der Waals surface area contributed by atoms with Crippen LogP contribution in [0, 0.1) is 0 Å². The molecule has 1 aromatic rings. The Hall–Kier alpha value is -0.340. The van der Waals surface area contributed by atoms with Gasteiger partial charge in [0.05, 0.1) is 0 Å².